The van der Waals surface area contributed by atoms with Crippen molar-refractivity contribution in [1.29, 1.82) is 0 Å². The molecule has 2 aliphatic rings. The van der Waals surface area contributed by atoms with Gasteiger partial charge in [-0.15, -0.1) is 0 Å². The molecule has 2 heterocycles. The van der Waals surface area contributed by atoms with E-state index in [9.17, 15) is 4.39 Å². The van der Waals surface area contributed by atoms with E-state index in [1.807, 2.05) is 6.07 Å². The van der Waals surface area contributed by atoms with Gasteiger partial charge in [-0.2, -0.15) is 0 Å². The van der Waals surface area contributed by atoms with Crippen molar-refractivity contribution in [3.8, 4) is 0 Å². The number of halogens is 1. The van der Waals surface area contributed by atoms with Crippen LogP contribution in [0.4, 0.5) is 4.39 Å². The second-order valence-corrected chi connectivity index (χ2v) is 8.67. The van der Waals surface area contributed by atoms with Crippen molar-refractivity contribution >= 4 is 11.8 Å². The minimum absolute atomic E-state index is 0.134. The summed E-state index contributed by atoms with van der Waals surface area (Å²) in [5.41, 5.74) is 4.16. The first-order chi connectivity index (χ1) is 12.1. The fraction of sp³-hybridized carbons (Fsp3) is 0.429. The average Bonchev–Trinajstić information content (AvgIpc) is 2.78. The van der Waals surface area contributed by atoms with E-state index < -0.39 is 0 Å². The molecule has 4 heteroatoms. The molecule has 2 nitrogen and oxygen atoms in total. The number of rotatable bonds is 2. The summed E-state index contributed by atoms with van der Waals surface area (Å²) in [5.74, 6) is 0.397. The number of nitrogens with two attached hydrogens (primary N) is 1. The molecule has 1 fully saturated rings. The van der Waals surface area contributed by atoms with Crippen LogP contribution in [0.25, 0.3) is 0 Å². The van der Waals surface area contributed by atoms with Crippen molar-refractivity contribution in [3.05, 3.63) is 58.9 Å². The van der Waals surface area contributed by atoms with Crippen LogP contribution in [0.2, 0.25) is 0 Å². The summed E-state index contributed by atoms with van der Waals surface area (Å²) < 4.78 is 13.8. The molecule has 1 atom stereocenters. The molecule has 0 unspecified atom stereocenters. The molecule has 25 heavy (non-hydrogen) atoms. The Kier molecular flexibility index (Phi) is 4.85. The maximum atomic E-state index is 13.8. The third-order valence-electron chi connectivity index (χ3n) is 5.58. The van der Waals surface area contributed by atoms with Crippen molar-refractivity contribution in [3.63, 3.8) is 0 Å². The summed E-state index contributed by atoms with van der Waals surface area (Å²) in [6.07, 6.45) is 1.01. The quantitative estimate of drug-likeness (QED) is 0.843. The molecule has 0 spiro atoms. The largest absolute Gasteiger partial charge is 0.337 e. The zero-order valence-corrected chi connectivity index (χ0v) is 15.8. The van der Waals surface area contributed by atoms with Gasteiger partial charge < -0.3 is 10.2 Å². The van der Waals surface area contributed by atoms with Gasteiger partial charge in [-0.25, -0.2) is 4.39 Å². The summed E-state index contributed by atoms with van der Waals surface area (Å²) in [7, 11) is 0. The Morgan fingerprint density at radius 2 is 1.88 bits per heavy atom. The molecule has 2 aromatic carbocycles. The molecule has 4 rings (SSSR count). The van der Waals surface area contributed by atoms with Gasteiger partial charge in [-0.05, 0) is 41.3 Å². The summed E-state index contributed by atoms with van der Waals surface area (Å²) in [6.45, 7) is 9.33. The first-order valence-electron chi connectivity index (χ1n) is 9.38. The van der Waals surface area contributed by atoms with Crippen LogP contribution in [-0.4, -0.2) is 26.2 Å². The number of hydrogen-bond donors (Lipinski definition) is 2. The highest BCUT2D eigenvalue weighted by atomic mass is 32.2. The molecule has 0 aromatic heterocycles. The van der Waals surface area contributed by atoms with Gasteiger partial charge in [-0.1, -0.05) is 37.7 Å². The van der Waals surface area contributed by atoms with E-state index in [1.165, 1.54) is 47.8 Å². The lowest BCUT2D eigenvalue weighted by molar-refractivity contribution is -0.972. The predicted molar refractivity (Wildman–Crippen MR) is 99.9 cm³/mol. The number of piperazine rings is 1. The molecule has 2 aliphatic heterocycles. The van der Waals surface area contributed by atoms with Crippen LogP contribution in [0.1, 0.15) is 42.5 Å². The van der Waals surface area contributed by atoms with Crippen molar-refractivity contribution in [2.24, 2.45) is 0 Å². The number of benzene rings is 2. The van der Waals surface area contributed by atoms with Crippen LogP contribution >= 0.6 is 11.8 Å². The van der Waals surface area contributed by atoms with Gasteiger partial charge >= 0.3 is 0 Å². The fourth-order valence-electron chi connectivity index (χ4n) is 4.09. The average molecular weight is 359 g/mol. The molecule has 2 aromatic rings. The standard InChI is InChI=1S/C21H25FN2S/c1-14(2)15-4-6-20-18(11-15)19(24-9-7-23-8-10-24)12-16-3-5-17(22)13-21(16)25-20/h3-6,11,13-14,19,23H,7-10,12H2,1-2H3/p+2/t19-/m0/s1. The number of fused-ring (bicyclic) bond motifs is 2. The molecule has 132 valence electrons. The van der Waals surface area contributed by atoms with E-state index >= 15 is 0 Å². The first-order valence-corrected chi connectivity index (χ1v) is 10.2. The Morgan fingerprint density at radius 1 is 1.08 bits per heavy atom. The highest BCUT2D eigenvalue weighted by Gasteiger charge is 2.32. The van der Waals surface area contributed by atoms with Gasteiger partial charge in [0.2, 0.25) is 0 Å². The molecule has 0 saturated carbocycles. The zero-order valence-electron chi connectivity index (χ0n) is 15.0. The van der Waals surface area contributed by atoms with E-state index in [2.05, 4.69) is 37.4 Å². The monoisotopic (exact) mass is 358 g/mol. The van der Waals surface area contributed by atoms with E-state index in [1.54, 1.807) is 28.8 Å². The predicted octanol–water partition coefficient (Wildman–Crippen LogP) is 2.16. The van der Waals surface area contributed by atoms with E-state index in [-0.39, 0.29) is 5.82 Å². The van der Waals surface area contributed by atoms with Gasteiger partial charge in [0, 0.05) is 21.8 Å². The Hall–Kier alpha value is -1.36. The Labute approximate surface area is 153 Å². The highest BCUT2D eigenvalue weighted by molar-refractivity contribution is 7.99. The minimum Gasteiger partial charge on any atom is -0.337 e. The lowest BCUT2D eigenvalue weighted by Crippen LogP contribution is -3.20. The third-order valence-corrected chi connectivity index (χ3v) is 6.77. The van der Waals surface area contributed by atoms with Crippen LogP contribution in [0.15, 0.2) is 46.2 Å². The van der Waals surface area contributed by atoms with Crippen LogP contribution in [0.5, 0.6) is 0 Å². The molecular weight excluding hydrogens is 331 g/mol. The maximum Gasteiger partial charge on any atom is 0.127 e. The summed E-state index contributed by atoms with van der Waals surface area (Å²) in [5, 5.41) is 2.42. The highest BCUT2D eigenvalue weighted by Crippen LogP contribution is 2.41. The van der Waals surface area contributed by atoms with Crippen molar-refractivity contribution < 1.29 is 14.6 Å². The zero-order chi connectivity index (χ0) is 17.4. The van der Waals surface area contributed by atoms with Gasteiger partial charge in [0.1, 0.15) is 38.0 Å². The molecular formula is C21H27FN2S+2. The third kappa shape index (κ3) is 3.48. The van der Waals surface area contributed by atoms with Crippen molar-refractivity contribution in [2.45, 2.75) is 42.0 Å². The number of nitrogens with one attached hydrogen (secondary N) is 1. The molecule has 0 aliphatic carbocycles. The molecule has 0 radical (unpaired) electrons. The first kappa shape index (κ1) is 17.1. The van der Waals surface area contributed by atoms with E-state index in [0.29, 0.717) is 12.0 Å². The fourth-order valence-corrected chi connectivity index (χ4v) is 5.23. The van der Waals surface area contributed by atoms with Gasteiger partial charge in [0.15, 0.2) is 0 Å². The summed E-state index contributed by atoms with van der Waals surface area (Å²) >= 11 is 1.74. The van der Waals surface area contributed by atoms with Crippen LogP contribution < -0.4 is 10.2 Å². The van der Waals surface area contributed by atoms with Crippen LogP contribution in [0, 0.1) is 5.82 Å². The minimum atomic E-state index is -0.134. The topological polar surface area (TPSA) is 21.1 Å². The Balaban J connectivity index is 1.81. The lowest BCUT2D eigenvalue weighted by Gasteiger charge is -2.31. The maximum absolute atomic E-state index is 13.8. The second-order valence-electron chi connectivity index (χ2n) is 7.59. The molecule has 0 bridgehead atoms. The normalized spacial score (nSPS) is 20.9. The van der Waals surface area contributed by atoms with E-state index in [0.717, 1.165) is 11.3 Å². The molecule has 0 amide bonds. The van der Waals surface area contributed by atoms with E-state index in [4.69, 9.17) is 0 Å². The van der Waals surface area contributed by atoms with Crippen molar-refractivity contribution in [1.82, 2.24) is 0 Å². The van der Waals surface area contributed by atoms with Crippen LogP contribution in [0.3, 0.4) is 0 Å². The van der Waals surface area contributed by atoms with Crippen molar-refractivity contribution in [2.75, 3.05) is 26.2 Å². The smallest absolute Gasteiger partial charge is 0.127 e. The Morgan fingerprint density at radius 3 is 2.64 bits per heavy atom. The summed E-state index contributed by atoms with van der Waals surface area (Å²) in [6, 6.07) is 12.7. The van der Waals surface area contributed by atoms with Crippen LogP contribution in [-0.2, 0) is 6.42 Å². The lowest BCUT2D eigenvalue weighted by atomic mass is 9.93. The molecule has 3 N–H and O–H groups in total. The molecule has 1 saturated heterocycles. The SMILES string of the molecule is CC(C)c1ccc2c(c1)[C@@H]([NH+]1CC[NH2+]CC1)Cc1ccc(F)cc1S2. The van der Waals surface area contributed by atoms with Gasteiger partial charge in [-0.3, -0.25) is 0 Å². The van der Waals surface area contributed by atoms with Gasteiger partial charge in [0.25, 0.3) is 0 Å². The number of quaternary nitrogens is 2. The Bertz CT molecular complexity index is 768. The summed E-state index contributed by atoms with van der Waals surface area (Å²) in [4.78, 5) is 4.08. The second kappa shape index (κ2) is 7.10. The van der Waals surface area contributed by atoms with Gasteiger partial charge in [0.05, 0.1) is 0 Å². The number of hydrogen-bond acceptors (Lipinski definition) is 1.